The zero-order valence-electron chi connectivity index (χ0n) is 11.6. The highest BCUT2D eigenvalue weighted by Crippen LogP contribution is 2.28. The summed E-state index contributed by atoms with van der Waals surface area (Å²) in [6.45, 7) is 4.94. The topological polar surface area (TPSA) is 42.4 Å². The van der Waals surface area contributed by atoms with Crippen LogP contribution in [-0.4, -0.2) is 24.0 Å². The zero-order valence-corrected chi connectivity index (χ0v) is 11.6. The highest BCUT2D eigenvalue weighted by molar-refractivity contribution is 5.82. The number of aryl methyl sites for hydroxylation is 1. The van der Waals surface area contributed by atoms with Crippen LogP contribution in [0.5, 0.6) is 0 Å². The molecule has 2 aromatic rings. The lowest BCUT2D eigenvalue weighted by molar-refractivity contribution is 0.144. The van der Waals surface area contributed by atoms with Crippen molar-refractivity contribution in [2.75, 3.05) is 13.1 Å². The summed E-state index contributed by atoms with van der Waals surface area (Å²) in [5, 5.41) is 1.25. The molecule has 0 amide bonds. The number of hydrogen-bond acceptors (Lipinski definition) is 3. The van der Waals surface area contributed by atoms with Gasteiger partial charge in [-0.1, -0.05) is 24.6 Å². The fraction of sp³-hybridized carbons (Fsp3) is 0.500. The molecule has 3 heteroatoms. The maximum absolute atomic E-state index is 5.91. The third-order valence-corrected chi connectivity index (χ3v) is 4.28. The number of piperidine rings is 1. The van der Waals surface area contributed by atoms with E-state index in [9.17, 15) is 0 Å². The number of nitrogens with zero attached hydrogens (tertiary/aromatic N) is 1. The van der Waals surface area contributed by atoms with Crippen molar-refractivity contribution < 1.29 is 4.42 Å². The number of furan rings is 1. The molecule has 1 aromatic carbocycles. The third kappa shape index (κ3) is 2.40. The molecule has 1 atom stereocenters. The van der Waals surface area contributed by atoms with E-state index in [2.05, 4.69) is 24.0 Å². The van der Waals surface area contributed by atoms with Gasteiger partial charge in [0.25, 0.3) is 0 Å². The molecule has 19 heavy (non-hydrogen) atoms. The van der Waals surface area contributed by atoms with Crippen molar-refractivity contribution in [2.24, 2.45) is 5.73 Å². The molecular weight excluding hydrogens is 236 g/mol. The van der Waals surface area contributed by atoms with Crippen LogP contribution >= 0.6 is 0 Å². The first-order valence-corrected chi connectivity index (χ1v) is 7.20. The zero-order chi connectivity index (χ0) is 13.2. The summed E-state index contributed by atoms with van der Waals surface area (Å²) in [5.74, 6) is 1.04. The summed E-state index contributed by atoms with van der Waals surface area (Å²) < 4.78 is 5.85. The first kappa shape index (κ1) is 12.7. The fourth-order valence-electron chi connectivity index (χ4n) is 3.16. The Labute approximate surface area is 114 Å². The number of benzene rings is 1. The smallest absolute Gasteiger partial charge is 0.134 e. The molecule has 1 aliphatic heterocycles. The molecule has 1 aromatic heterocycles. The second-order valence-electron chi connectivity index (χ2n) is 5.49. The molecular formula is C16H22N2O. The first-order valence-electron chi connectivity index (χ1n) is 7.20. The van der Waals surface area contributed by atoms with Gasteiger partial charge in [-0.2, -0.15) is 0 Å². The number of likely N-dealkylation sites (tertiary alicyclic amines) is 1. The Bertz CT molecular complexity index is 561. The molecule has 1 saturated heterocycles. The predicted molar refractivity (Wildman–Crippen MR) is 78.1 cm³/mol. The average molecular weight is 258 g/mol. The molecule has 0 saturated carbocycles. The van der Waals surface area contributed by atoms with E-state index in [1.807, 2.05) is 12.1 Å². The van der Waals surface area contributed by atoms with Gasteiger partial charge in [-0.25, -0.2) is 0 Å². The van der Waals surface area contributed by atoms with Gasteiger partial charge in [-0.15, -0.1) is 0 Å². The molecule has 2 N–H and O–H groups in total. The van der Waals surface area contributed by atoms with Crippen LogP contribution in [0.15, 0.2) is 28.7 Å². The molecule has 3 rings (SSSR count). The Kier molecular flexibility index (Phi) is 3.58. The number of para-hydroxylation sites is 1. The van der Waals surface area contributed by atoms with Gasteiger partial charge >= 0.3 is 0 Å². The molecule has 0 radical (unpaired) electrons. The van der Waals surface area contributed by atoms with Crippen LogP contribution in [0.4, 0.5) is 0 Å². The van der Waals surface area contributed by atoms with E-state index in [1.54, 1.807) is 0 Å². The molecule has 0 spiro atoms. The highest BCUT2D eigenvalue weighted by atomic mass is 16.3. The number of nitrogens with two attached hydrogens (primary N) is 1. The van der Waals surface area contributed by atoms with Crippen LogP contribution in [0.25, 0.3) is 11.0 Å². The molecule has 0 bridgehead atoms. The van der Waals surface area contributed by atoms with E-state index < -0.39 is 0 Å². The van der Waals surface area contributed by atoms with Crippen molar-refractivity contribution in [3.8, 4) is 0 Å². The minimum atomic E-state index is 0.529. The van der Waals surface area contributed by atoms with Crippen molar-refractivity contribution in [3.63, 3.8) is 0 Å². The molecule has 102 valence electrons. The lowest BCUT2D eigenvalue weighted by Gasteiger charge is -2.34. The van der Waals surface area contributed by atoms with Gasteiger partial charge in [0.2, 0.25) is 0 Å². The SMILES string of the molecule is Cc1oc2ccccc2c1CN1CCCCC1CN. The molecule has 2 heterocycles. The first-order chi connectivity index (χ1) is 9.29. The van der Waals surface area contributed by atoms with Crippen LogP contribution in [0.3, 0.4) is 0 Å². The molecule has 1 fully saturated rings. The van der Waals surface area contributed by atoms with E-state index >= 15 is 0 Å². The quantitative estimate of drug-likeness (QED) is 0.920. The van der Waals surface area contributed by atoms with Gasteiger partial charge in [0.1, 0.15) is 11.3 Å². The van der Waals surface area contributed by atoms with E-state index in [-0.39, 0.29) is 0 Å². The van der Waals surface area contributed by atoms with Crippen molar-refractivity contribution >= 4 is 11.0 Å². The number of rotatable bonds is 3. The highest BCUT2D eigenvalue weighted by Gasteiger charge is 2.23. The largest absolute Gasteiger partial charge is 0.461 e. The van der Waals surface area contributed by atoms with Crippen LogP contribution in [0, 0.1) is 6.92 Å². The van der Waals surface area contributed by atoms with Crippen LogP contribution in [0.1, 0.15) is 30.6 Å². The minimum absolute atomic E-state index is 0.529. The standard InChI is InChI=1S/C16H22N2O/c1-12-15(14-7-2-3-8-16(14)19-12)11-18-9-5-4-6-13(18)10-17/h2-3,7-8,13H,4-6,9-11,17H2,1H3. The lowest BCUT2D eigenvalue weighted by Crippen LogP contribution is -2.43. The van der Waals surface area contributed by atoms with Crippen LogP contribution < -0.4 is 5.73 Å². The Morgan fingerprint density at radius 2 is 2.16 bits per heavy atom. The van der Waals surface area contributed by atoms with Crippen molar-refractivity contribution in [1.82, 2.24) is 4.90 Å². The average Bonchev–Trinajstić information content (AvgIpc) is 2.76. The van der Waals surface area contributed by atoms with Crippen LogP contribution in [0.2, 0.25) is 0 Å². The van der Waals surface area contributed by atoms with Gasteiger partial charge in [-0.05, 0) is 32.4 Å². The summed E-state index contributed by atoms with van der Waals surface area (Å²) in [6.07, 6.45) is 3.82. The Morgan fingerprint density at radius 3 is 3.00 bits per heavy atom. The summed E-state index contributed by atoms with van der Waals surface area (Å²) in [7, 11) is 0. The Hall–Kier alpha value is -1.32. The van der Waals surface area contributed by atoms with Gasteiger partial charge < -0.3 is 10.2 Å². The van der Waals surface area contributed by atoms with E-state index in [0.717, 1.165) is 31.0 Å². The lowest BCUT2D eigenvalue weighted by atomic mass is 10.0. The molecule has 3 nitrogen and oxygen atoms in total. The fourth-order valence-corrected chi connectivity index (χ4v) is 3.16. The second-order valence-corrected chi connectivity index (χ2v) is 5.49. The normalized spacial score (nSPS) is 21.1. The predicted octanol–water partition coefficient (Wildman–Crippen LogP) is 3.05. The summed E-state index contributed by atoms with van der Waals surface area (Å²) in [6, 6.07) is 8.84. The Morgan fingerprint density at radius 1 is 1.32 bits per heavy atom. The van der Waals surface area contributed by atoms with Crippen molar-refractivity contribution in [2.45, 2.75) is 38.8 Å². The van der Waals surface area contributed by atoms with E-state index in [4.69, 9.17) is 10.2 Å². The van der Waals surface area contributed by atoms with Gasteiger partial charge in [0, 0.05) is 30.1 Å². The maximum Gasteiger partial charge on any atom is 0.134 e. The van der Waals surface area contributed by atoms with E-state index in [0.29, 0.717) is 6.04 Å². The summed E-state index contributed by atoms with van der Waals surface area (Å²) in [5.41, 5.74) is 8.23. The van der Waals surface area contributed by atoms with Gasteiger partial charge in [-0.3, -0.25) is 4.90 Å². The van der Waals surface area contributed by atoms with Crippen LogP contribution in [-0.2, 0) is 6.54 Å². The monoisotopic (exact) mass is 258 g/mol. The van der Waals surface area contributed by atoms with Crippen molar-refractivity contribution in [1.29, 1.82) is 0 Å². The van der Waals surface area contributed by atoms with Gasteiger partial charge in [0.15, 0.2) is 0 Å². The van der Waals surface area contributed by atoms with E-state index in [1.165, 1.54) is 30.2 Å². The van der Waals surface area contributed by atoms with Crippen molar-refractivity contribution in [3.05, 3.63) is 35.6 Å². The molecule has 1 aliphatic rings. The number of hydrogen-bond donors (Lipinski definition) is 1. The molecule has 0 aliphatic carbocycles. The maximum atomic E-state index is 5.91. The van der Waals surface area contributed by atoms with Gasteiger partial charge in [0.05, 0.1) is 0 Å². The Balaban J connectivity index is 1.90. The molecule has 1 unspecified atom stereocenters. The number of fused-ring (bicyclic) bond motifs is 1. The third-order valence-electron chi connectivity index (χ3n) is 4.28. The summed E-state index contributed by atoms with van der Waals surface area (Å²) in [4.78, 5) is 2.52. The summed E-state index contributed by atoms with van der Waals surface area (Å²) >= 11 is 0. The minimum Gasteiger partial charge on any atom is -0.461 e. The second kappa shape index (κ2) is 5.35.